The van der Waals surface area contributed by atoms with E-state index in [4.69, 9.17) is 10.5 Å². The van der Waals surface area contributed by atoms with Crippen LogP contribution in [-0.4, -0.2) is 25.6 Å². The van der Waals surface area contributed by atoms with Gasteiger partial charge in [0, 0.05) is 6.20 Å². The highest BCUT2D eigenvalue weighted by Gasteiger charge is 2.33. The van der Waals surface area contributed by atoms with Crippen molar-refractivity contribution in [3.8, 4) is 5.75 Å². The summed E-state index contributed by atoms with van der Waals surface area (Å²) in [5, 5.41) is 0. The molecular formula is C9H7N3O4S. The first-order valence-electron chi connectivity index (χ1n) is 4.43. The molecule has 0 aromatic carbocycles. The Morgan fingerprint density at radius 2 is 2.18 bits per heavy atom. The van der Waals surface area contributed by atoms with E-state index in [0.717, 1.165) is 6.21 Å². The molecule has 0 unspecified atom stereocenters. The highest BCUT2D eigenvalue weighted by Crippen LogP contribution is 2.19. The lowest BCUT2D eigenvalue weighted by atomic mass is 10.4. The Morgan fingerprint density at radius 3 is 2.71 bits per heavy atom. The molecule has 2 rings (SSSR count). The third-order valence-corrected chi connectivity index (χ3v) is 3.18. The number of nitrogens with zero attached hydrogens (tertiary/aromatic N) is 2. The van der Waals surface area contributed by atoms with Gasteiger partial charge in [0.1, 0.15) is 5.75 Å². The first-order valence-corrected chi connectivity index (χ1v) is 5.87. The summed E-state index contributed by atoms with van der Waals surface area (Å²) in [7, 11) is -4.03. The number of nitrogens with two attached hydrogens (primary N) is 1. The van der Waals surface area contributed by atoms with Crippen molar-refractivity contribution in [2.45, 2.75) is 0 Å². The number of pyridine rings is 1. The molecule has 7 nitrogen and oxygen atoms in total. The van der Waals surface area contributed by atoms with E-state index >= 15 is 0 Å². The number of allylic oxidation sites excluding steroid dienone is 1. The first kappa shape index (κ1) is 11.3. The van der Waals surface area contributed by atoms with Gasteiger partial charge in [0.05, 0.1) is 18.1 Å². The van der Waals surface area contributed by atoms with Crippen molar-refractivity contribution in [3.05, 3.63) is 35.1 Å². The maximum absolute atomic E-state index is 11.6. The molecule has 0 saturated carbocycles. The molecule has 0 fully saturated rings. The van der Waals surface area contributed by atoms with Gasteiger partial charge in [-0.2, -0.15) is 12.8 Å². The molecule has 0 amide bonds. The van der Waals surface area contributed by atoms with Gasteiger partial charge in [0.15, 0.2) is 4.91 Å². The van der Waals surface area contributed by atoms with E-state index in [1.54, 1.807) is 6.07 Å². The monoisotopic (exact) mass is 253 g/mol. The van der Waals surface area contributed by atoms with E-state index in [9.17, 15) is 13.2 Å². The first-order chi connectivity index (χ1) is 8.00. The zero-order valence-corrected chi connectivity index (χ0v) is 9.22. The molecule has 2 heterocycles. The number of aromatic nitrogens is 1. The van der Waals surface area contributed by atoms with Gasteiger partial charge >= 0.3 is 5.97 Å². The van der Waals surface area contributed by atoms with Crippen molar-refractivity contribution in [1.29, 1.82) is 0 Å². The number of rotatable bonds is 2. The molecule has 0 aliphatic carbocycles. The van der Waals surface area contributed by atoms with Crippen LogP contribution in [0.4, 0.5) is 0 Å². The van der Waals surface area contributed by atoms with Crippen molar-refractivity contribution in [1.82, 2.24) is 4.98 Å². The van der Waals surface area contributed by atoms with Crippen LogP contribution in [0.5, 0.6) is 5.75 Å². The fraction of sp³-hybridized carbons (Fsp3) is 0. The topological polar surface area (TPSA) is 112 Å². The molecule has 1 aromatic heterocycles. The number of sulfonamides is 1. The summed E-state index contributed by atoms with van der Waals surface area (Å²) in [4.78, 5) is 14.7. The molecule has 1 aliphatic rings. The van der Waals surface area contributed by atoms with Crippen LogP contribution >= 0.6 is 0 Å². The normalized spacial score (nSPS) is 17.2. The molecule has 1 aromatic rings. The summed E-state index contributed by atoms with van der Waals surface area (Å²) < 4.78 is 30.6. The van der Waals surface area contributed by atoms with Crippen molar-refractivity contribution in [3.63, 3.8) is 0 Å². The van der Waals surface area contributed by atoms with Crippen LogP contribution in [0.3, 0.4) is 0 Å². The van der Waals surface area contributed by atoms with Crippen LogP contribution in [0.15, 0.2) is 39.5 Å². The van der Waals surface area contributed by atoms with Crippen molar-refractivity contribution < 1.29 is 17.9 Å². The molecule has 0 radical (unpaired) electrons. The molecule has 17 heavy (non-hydrogen) atoms. The number of hydrogen-bond donors (Lipinski definition) is 1. The Balaban J connectivity index is 2.27. The van der Waals surface area contributed by atoms with E-state index in [1.165, 1.54) is 18.5 Å². The summed E-state index contributed by atoms with van der Waals surface area (Å²) in [6.45, 7) is 0. The Morgan fingerprint density at radius 1 is 1.41 bits per heavy atom. The van der Waals surface area contributed by atoms with Crippen LogP contribution in [0.25, 0.3) is 0 Å². The van der Waals surface area contributed by atoms with E-state index < -0.39 is 20.9 Å². The summed E-state index contributed by atoms with van der Waals surface area (Å²) in [5.41, 5.74) is 5.11. The minimum Gasteiger partial charge on any atom is -0.421 e. The number of hydrogen-bond acceptors (Lipinski definition) is 6. The molecule has 0 spiro atoms. The largest absolute Gasteiger partial charge is 0.421 e. The number of carbonyl (C=O) groups is 1. The van der Waals surface area contributed by atoms with E-state index in [-0.39, 0.29) is 11.4 Å². The number of ether oxygens (including phenoxy) is 1. The lowest BCUT2D eigenvalue weighted by molar-refractivity contribution is -0.129. The molecule has 1 aliphatic heterocycles. The SMILES string of the molecule is NC1=C(C(=O)Oc2cccnc2)S(=O)(=O)N=C1. The molecule has 2 N–H and O–H groups in total. The maximum Gasteiger partial charge on any atom is 0.359 e. The van der Waals surface area contributed by atoms with Crippen LogP contribution in [0.2, 0.25) is 0 Å². The third kappa shape index (κ3) is 2.16. The van der Waals surface area contributed by atoms with Crippen LogP contribution < -0.4 is 10.5 Å². The van der Waals surface area contributed by atoms with Gasteiger partial charge in [-0.1, -0.05) is 0 Å². The molecule has 88 valence electrons. The summed E-state index contributed by atoms with van der Waals surface area (Å²) in [6.07, 6.45) is 3.66. The van der Waals surface area contributed by atoms with Crippen molar-refractivity contribution in [2.24, 2.45) is 10.1 Å². The van der Waals surface area contributed by atoms with Crippen LogP contribution in [0.1, 0.15) is 0 Å². The van der Waals surface area contributed by atoms with E-state index in [0.29, 0.717) is 0 Å². The van der Waals surface area contributed by atoms with Gasteiger partial charge in [0.2, 0.25) is 0 Å². The second-order valence-electron chi connectivity index (χ2n) is 3.07. The predicted octanol–water partition coefficient (Wildman–Crippen LogP) is -0.428. The van der Waals surface area contributed by atoms with Gasteiger partial charge in [-0.15, -0.1) is 0 Å². The highest BCUT2D eigenvalue weighted by molar-refractivity contribution is 7.95. The molecule has 0 atom stereocenters. The average molecular weight is 253 g/mol. The van der Waals surface area contributed by atoms with Gasteiger partial charge in [0.25, 0.3) is 10.0 Å². The maximum atomic E-state index is 11.6. The van der Waals surface area contributed by atoms with Crippen molar-refractivity contribution in [2.75, 3.05) is 0 Å². The van der Waals surface area contributed by atoms with E-state index in [2.05, 4.69) is 9.38 Å². The summed E-state index contributed by atoms with van der Waals surface area (Å²) in [5.74, 6) is -0.951. The Hall–Kier alpha value is -2.22. The average Bonchev–Trinajstić information content (AvgIpc) is 2.54. The minimum atomic E-state index is -4.03. The smallest absolute Gasteiger partial charge is 0.359 e. The lowest BCUT2D eigenvalue weighted by Gasteiger charge is -2.03. The third-order valence-electron chi connectivity index (χ3n) is 1.88. The second-order valence-corrected chi connectivity index (χ2v) is 4.64. The number of carbonyl (C=O) groups excluding carboxylic acids is 1. The summed E-state index contributed by atoms with van der Waals surface area (Å²) in [6, 6.07) is 3.00. The zero-order chi connectivity index (χ0) is 12.5. The van der Waals surface area contributed by atoms with Gasteiger partial charge in [-0.05, 0) is 12.1 Å². The van der Waals surface area contributed by atoms with Gasteiger partial charge in [-0.3, -0.25) is 4.98 Å². The Kier molecular flexibility index (Phi) is 2.64. The minimum absolute atomic E-state index is 0.125. The zero-order valence-electron chi connectivity index (χ0n) is 8.40. The van der Waals surface area contributed by atoms with Crippen LogP contribution in [-0.2, 0) is 14.8 Å². The van der Waals surface area contributed by atoms with E-state index in [1.807, 2.05) is 0 Å². The Bertz CT molecular complexity index is 619. The fourth-order valence-electron chi connectivity index (χ4n) is 1.17. The van der Waals surface area contributed by atoms with Crippen LogP contribution in [0, 0.1) is 0 Å². The molecule has 0 bridgehead atoms. The standard InChI is InChI=1S/C9H7N3O4S/c10-7-5-12-17(14,15)8(7)9(13)16-6-2-1-3-11-4-6/h1-5H,10H2. The molecular weight excluding hydrogens is 246 g/mol. The summed E-state index contributed by atoms with van der Waals surface area (Å²) >= 11 is 0. The second kappa shape index (κ2) is 3.98. The number of esters is 1. The highest BCUT2D eigenvalue weighted by atomic mass is 32.2. The van der Waals surface area contributed by atoms with Crippen molar-refractivity contribution >= 4 is 22.2 Å². The Labute approximate surface area is 96.7 Å². The lowest BCUT2D eigenvalue weighted by Crippen LogP contribution is -2.19. The molecule has 8 heteroatoms. The fourth-order valence-corrected chi connectivity index (χ4v) is 2.13. The van der Waals surface area contributed by atoms with Gasteiger partial charge in [-0.25, -0.2) is 4.79 Å². The predicted molar refractivity (Wildman–Crippen MR) is 58.5 cm³/mol. The molecule has 0 saturated heterocycles. The van der Waals surface area contributed by atoms with Gasteiger partial charge < -0.3 is 10.5 Å². The quantitative estimate of drug-likeness (QED) is 0.716.